The number of carbonyl (C=O) groups excluding carboxylic acids is 2. The maximum absolute atomic E-state index is 12.8. The number of hydrogen-bond acceptors (Lipinski definition) is 5. The minimum absolute atomic E-state index is 0.0390. The zero-order valence-electron chi connectivity index (χ0n) is 14.2. The Kier molecular flexibility index (Phi) is 5.76. The SMILES string of the molecule is CCOC(=O)C1=C(Nc2ccccc2)SC=C(c2ccccc2)NC1=O. The molecule has 0 radical (unpaired) electrons. The molecule has 2 N–H and O–H groups in total. The molecule has 2 aromatic rings. The number of hydrogen-bond donors (Lipinski definition) is 2. The number of ether oxygens (including phenoxy) is 1. The number of thioether (sulfide) groups is 1. The van der Waals surface area contributed by atoms with E-state index >= 15 is 0 Å². The minimum atomic E-state index is -0.654. The lowest BCUT2D eigenvalue weighted by atomic mass is 10.1. The average molecular weight is 366 g/mol. The maximum Gasteiger partial charge on any atom is 0.346 e. The molecule has 0 saturated carbocycles. The Labute approximate surface area is 156 Å². The number of amides is 1. The zero-order chi connectivity index (χ0) is 18.4. The summed E-state index contributed by atoms with van der Waals surface area (Å²) in [6, 6.07) is 18.8. The summed E-state index contributed by atoms with van der Waals surface area (Å²) in [4.78, 5) is 25.1. The molecular formula is C20H18N2O3S. The van der Waals surface area contributed by atoms with Gasteiger partial charge >= 0.3 is 5.97 Å². The van der Waals surface area contributed by atoms with Crippen molar-refractivity contribution in [1.82, 2.24) is 5.32 Å². The normalized spacial score (nSPS) is 14.2. The van der Waals surface area contributed by atoms with E-state index in [1.165, 1.54) is 11.8 Å². The molecule has 5 nitrogen and oxygen atoms in total. The van der Waals surface area contributed by atoms with Crippen LogP contribution in [0.4, 0.5) is 5.69 Å². The molecule has 3 rings (SSSR count). The lowest BCUT2D eigenvalue weighted by Gasteiger charge is -2.12. The Hall–Kier alpha value is -2.99. The first-order chi connectivity index (χ1) is 12.7. The molecule has 1 aliphatic heterocycles. The van der Waals surface area contributed by atoms with Gasteiger partial charge in [0.2, 0.25) is 0 Å². The van der Waals surface area contributed by atoms with Crippen LogP contribution in [0.3, 0.4) is 0 Å². The molecule has 132 valence electrons. The van der Waals surface area contributed by atoms with E-state index in [1.807, 2.05) is 66.1 Å². The smallest absolute Gasteiger partial charge is 0.346 e. The fourth-order valence-corrected chi connectivity index (χ4v) is 3.29. The number of para-hydroxylation sites is 1. The van der Waals surface area contributed by atoms with Gasteiger partial charge in [0.1, 0.15) is 0 Å². The van der Waals surface area contributed by atoms with Gasteiger partial charge in [-0.15, -0.1) is 0 Å². The summed E-state index contributed by atoms with van der Waals surface area (Å²) >= 11 is 1.27. The van der Waals surface area contributed by atoms with Crippen LogP contribution in [-0.4, -0.2) is 18.5 Å². The first-order valence-electron chi connectivity index (χ1n) is 8.16. The van der Waals surface area contributed by atoms with Gasteiger partial charge in [-0.25, -0.2) is 4.79 Å². The van der Waals surface area contributed by atoms with Crippen molar-refractivity contribution < 1.29 is 14.3 Å². The minimum Gasteiger partial charge on any atom is -0.462 e. The highest BCUT2D eigenvalue weighted by Crippen LogP contribution is 2.30. The number of anilines is 1. The standard InChI is InChI=1S/C20H18N2O3S/c1-2-25-20(24)17-18(23)22-16(14-9-5-3-6-10-14)13-26-19(17)21-15-11-7-4-8-12-15/h3-13,21H,2H2,1H3,(H,22,23). The predicted molar refractivity (Wildman–Crippen MR) is 104 cm³/mol. The molecule has 0 saturated heterocycles. The molecule has 0 unspecified atom stereocenters. The van der Waals surface area contributed by atoms with Gasteiger partial charge in [-0.3, -0.25) is 4.79 Å². The van der Waals surface area contributed by atoms with Crippen LogP contribution in [0.1, 0.15) is 12.5 Å². The highest BCUT2D eigenvalue weighted by atomic mass is 32.2. The Morgan fingerprint density at radius 3 is 2.38 bits per heavy atom. The van der Waals surface area contributed by atoms with Crippen molar-refractivity contribution in [3.8, 4) is 0 Å². The van der Waals surface area contributed by atoms with Gasteiger partial charge in [0.15, 0.2) is 5.57 Å². The number of benzene rings is 2. The maximum atomic E-state index is 12.8. The second-order valence-corrected chi connectivity index (χ2v) is 6.26. The predicted octanol–water partition coefficient (Wildman–Crippen LogP) is 3.73. The first kappa shape index (κ1) is 17.8. The van der Waals surface area contributed by atoms with Gasteiger partial charge in [0.25, 0.3) is 5.91 Å². The van der Waals surface area contributed by atoms with Crippen LogP contribution >= 0.6 is 11.8 Å². The molecule has 0 fully saturated rings. The summed E-state index contributed by atoms with van der Waals surface area (Å²) in [6.45, 7) is 1.90. The van der Waals surface area contributed by atoms with E-state index in [2.05, 4.69) is 10.6 Å². The molecule has 0 aliphatic carbocycles. The average Bonchev–Trinajstić information content (AvgIpc) is 2.82. The van der Waals surface area contributed by atoms with Crippen molar-refractivity contribution >= 4 is 35.0 Å². The van der Waals surface area contributed by atoms with Crippen molar-refractivity contribution in [2.24, 2.45) is 0 Å². The fourth-order valence-electron chi connectivity index (χ4n) is 2.39. The van der Waals surface area contributed by atoms with Crippen molar-refractivity contribution in [2.45, 2.75) is 6.92 Å². The van der Waals surface area contributed by atoms with Gasteiger partial charge in [0, 0.05) is 11.1 Å². The molecule has 26 heavy (non-hydrogen) atoms. The van der Waals surface area contributed by atoms with E-state index < -0.39 is 11.9 Å². The number of nitrogens with one attached hydrogen (secondary N) is 2. The van der Waals surface area contributed by atoms with E-state index in [0.29, 0.717) is 10.7 Å². The summed E-state index contributed by atoms with van der Waals surface area (Å²) in [6.07, 6.45) is 0. The second-order valence-electron chi connectivity index (χ2n) is 5.39. The molecule has 2 aromatic carbocycles. The van der Waals surface area contributed by atoms with Crippen LogP contribution in [-0.2, 0) is 14.3 Å². The quantitative estimate of drug-likeness (QED) is 0.623. The Morgan fingerprint density at radius 2 is 1.73 bits per heavy atom. The molecule has 1 aliphatic rings. The van der Waals surface area contributed by atoms with Crippen LogP contribution < -0.4 is 10.6 Å². The third kappa shape index (κ3) is 4.15. The molecule has 0 atom stereocenters. The topological polar surface area (TPSA) is 67.4 Å². The Balaban J connectivity index is 1.96. The monoisotopic (exact) mass is 366 g/mol. The molecule has 1 amide bonds. The highest BCUT2D eigenvalue weighted by molar-refractivity contribution is 8.06. The van der Waals surface area contributed by atoms with E-state index in [9.17, 15) is 9.59 Å². The molecule has 0 bridgehead atoms. The largest absolute Gasteiger partial charge is 0.462 e. The van der Waals surface area contributed by atoms with Gasteiger partial charge in [0.05, 0.1) is 17.3 Å². The highest BCUT2D eigenvalue weighted by Gasteiger charge is 2.28. The third-order valence-electron chi connectivity index (χ3n) is 3.59. The van der Waals surface area contributed by atoms with Gasteiger partial charge in [-0.1, -0.05) is 60.3 Å². The molecule has 6 heteroatoms. The van der Waals surface area contributed by atoms with Crippen molar-refractivity contribution in [2.75, 3.05) is 11.9 Å². The van der Waals surface area contributed by atoms with Crippen molar-refractivity contribution in [3.05, 3.63) is 82.2 Å². The number of carbonyl (C=O) groups is 2. The third-order valence-corrected chi connectivity index (χ3v) is 4.49. The van der Waals surface area contributed by atoms with Gasteiger partial charge in [-0.2, -0.15) is 0 Å². The van der Waals surface area contributed by atoms with Crippen LogP contribution in [0.25, 0.3) is 5.70 Å². The zero-order valence-corrected chi connectivity index (χ0v) is 15.0. The van der Waals surface area contributed by atoms with Gasteiger partial charge < -0.3 is 15.4 Å². The van der Waals surface area contributed by atoms with E-state index in [1.54, 1.807) is 6.92 Å². The van der Waals surface area contributed by atoms with Gasteiger partial charge in [-0.05, 0) is 24.6 Å². The van der Waals surface area contributed by atoms with Crippen LogP contribution in [0.15, 0.2) is 76.7 Å². The lowest BCUT2D eigenvalue weighted by Crippen LogP contribution is -2.29. The lowest BCUT2D eigenvalue weighted by molar-refractivity contribution is -0.140. The summed E-state index contributed by atoms with van der Waals surface area (Å²) in [5.41, 5.74) is 2.23. The Bertz CT molecular complexity index is 861. The van der Waals surface area contributed by atoms with Crippen molar-refractivity contribution in [3.63, 3.8) is 0 Å². The molecular weight excluding hydrogens is 348 g/mol. The van der Waals surface area contributed by atoms with Crippen LogP contribution in [0.2, 0.25) is 0 Å². The molecule has 0 aromatic heterocycles. The van der Waals surface area contributed by atoms with E-state index in [-0.39, 0.29) is 12.2 Å². The molecule has 1 heterocycles. The summed E-state index contributed by atoms with van der Waals surface area (Å²) in [7, 11) is 0. The molecule has 0 spiro atoms. The van der Waals surface area contributed by atoms with Crippen LogP contribution in [0, 0.1) is 0 Å². The van der Waals surface area contributed by atoms with Crippen LogP contribution in [0.5, 0.6) is 0 Å². The van der Waals surface area contributed by atoms with Crippen molar-refractivity contribution in [1.29, 1.82) is 0 Å². The summed E-state index contributed by atoms with van der Waals surface area (Å²) in [5, 5.41) is 8.19. The first-order valence-corrected chi connectivity index (χ1v) is 9.04. The summed E-state index contributed by atoms with van der Waals surface area (Å²) < 4.78 is 5.08. The summed E-state index contributed by atoms with van der Waals surface area (Å²) in [5.74, 6) is -1.15. The second kappa shape index (κ2) is 8.40. The van der Waals surface area contributed by atoms with E-state index in [4.69, 9.17) is 4.74 Å². The fraction of sp³-hybridized carbons (Fsp3) is 0.100. The number of esters is 1. The van der Waals surface area contributed by atoms with E-state index in [0.717, 1.165) is 11.3 Å². The number of rotatable bonds is 5. The Morgan fingerprint density at radius 1 is 1.08 bits per heavy atom.